The number of benzene rings is 1. The average Bonchev–Trinajstić information content (AvgIpc) is 3.66. The number of thiophene rings is 1. The van der Waals surface area contributed by atoms with Crippen LogP contribution in [0.1, 0.15) is 39.4 Å². The topological polar surface area (TPSA) is 92.6 Å². The van der Waals surface area contributed by atoms with Gasteiger partial charge in [-0.15, -0.1) is 11.3 Å². The third-order valence-corrected chi connectivity index (χ3v) is 7.49. The number of halogens is 3. The number of aryl methyl sites for hydroxylation is 1. The highest BCUT2D eigenvalue weighted by molar-refractivity contribution is 7.12. The van der Waals surface area contributed by atoms with Gasteiger partial charge < -0.3 is 4.90 Å². The summed E-state index contributed by atoms with van der Waals surface area (Å²) >= 11 is 1.28. The Labute approximate surface area is 220 Å². The van der Waals surface area contributed by atoms with Crippen molar-refractivity contribution in [3.63, 3.8) is 0 Å². The summed E-state index contributed by atoms with van der Waals surface area (Å²) in [4.78, 5) is 20.2. The van der Waals surface area contributed by atoms with Crippen LogP contribution < -0.4 is 0 Å². The number of amides is 1. The molecule has 0 saturated carbocycles. The van der Waals surface area contributed by atoms with Crippen molar-refractivity contribution >= 4 is 17.2 Å². The van der Waals surface area contributed by atoms with Crippen molar-refractivity contribution in [1.82, 2.24) is 29.4 Å². The minimum Gasteiger partial charge on any atom is -0.333 e. The molecule has 0 spiro atoms. The molecule has 0 bridgehead atoms. The lowest BCUT2D eigenvalue weighted by Crippen LogP contribution is -2.39. The minimum absolute atomic E-state index is 0.0220. The molecule has 1 aliphatic rings. The molecule has 4 aromatic rings. The lowest BCUT2D eigenvalue weighted by atomic mass is 9.83. The monoisotopic (exact) mass is 537 g/mol. The van der Waals surface area contributed by atoms with Crippen LogP contribution in [0.5, 0.6) is 0 Å². The summed E-state index contributed by atoms with van der Waals surface area (Å²) in [5, 5.41) is 17.4. The van der Waals surface area contributed by atoms with Gasteiger partial charge in [-0.05, 0) is 29.7 Å². The summed E-state index contributed by atoms with van der Waals surface area (Å²) in [5.74, 6) is -0.752. The normalized spacial score (nSPS) is 15.2. The van der Waals surface area contributed by atoms with Gasteiger partial charge in [-0.3, -0.25) is 9.48 Å². The van der Waals surface area contributed by atoms with E-state index in [9.17, 15) is 23.2 Å². The summed E-state index contributed by atoms with van der Waals surface area (Å²) in [7, 11) is 0. The number of nitriles is 1. The molecule has 0 aliphatic carbocycles. The maximum absolute atomic E-state index is 14.0. The predicted molar refractivity (Wildman–Crippen MR) is 134 cm³/mol. The predicted octanol–water partition coefficient (Wildman–Crippen LogP) is 4.84. The molecule has 194 valence electrons. The Balaban J connectivity index is 1.58. The lowest BCUT2D eigenvalue weighted by Gasteiger charge is -2.34. The van der Waals surface area contributed by atoms with Gasteiger partial charge in [0.05, 0.1) is 13.1 Å². The smallest absolute Gasteiger partial charge is 0.333 e. The number of fused-ring (bicyclic) bond motifs is 1. The van der Waals surface area contributed by atoms with Crippen LogP contribution >= 0.6 is 11.3 Å². The van der Waals surface area contributed by atoms with Crippen LogP contribution in [0.2, 0.25) is 0 Å². The molecular formula is C26H22F3N7OS. The third kappa shape index (κ3) is 4.72. The zero-order chi connectivity index (χ0) is 27.0. The number of hydrogen-bond acceptors (Lipinski definition) is 6. The van der Waals surface area contributed by atoms with Crippen molar-refractivity contribution in [2.45, 2.75) is 38.7 Å². The Morgan fingerprint density at radius 3 is 2.71 bits per heavy atom. The first-order valence-electron chi connectivity index (χ1n) is 11.8. The highest BCUT2D eigenvalue weighted by atomic mass is 32.1. The second-order valence-electron chi connectivity index (χ2n) is 8.87. The first kappa shape index (κ1) is 25.4. The molecule has 12 heteroatoms. The lowest BCUT2D eigenvalue weighted by molar-refractivity contribution is -0.141. The second-order valence-corrected chi connectivity index (χ2v) is 10.0. The first-order chi connectivity index (χ1) is 18.2. The van der Waals surface area contributed by atoms with Gasteiger partial charge in [-0.2, -0.15) is 28.6 Å². The molecule has 8 nitrogen and oxygen atoms in total. The Morgan fingerprint density at radius 2 is 2.03 bits per heavy atom. The number of alkyl halides is 3. The highest BCUT2D eigenvalue weighted by Crippen LogP contribution is 2.44. The van der Waals surface area contributed by atoms with Gasteiger partial charge in [0.1, 0.15) is 23.6 Å². The number of aromatic nitrogens is 5. The van der Waals surface area contributed by atoms with Crippen molar-refractivity contribution in [2.75, 3.05) is 6.54 Å². The second kappa shape index (κ2) is 9.90. The molecule has 5 rings (SSSR count). The summed E-state index contributed by atoms with van der Waals surface area (Å²) in [6.45, 7) is 6.58. The standard InChI is InChI=1S/C26H22F3N7OS/c1-3-35-12-22(24(33-35)26(27,28)29)19-7-5-4-6-18(19)21-11-34(13-23-20(21)8-17(9-30)38-23)25(37)16(2)10-36-15-31-14-32-36/h4-8,12,14-15,21H,2-3,10-11,13H2,1H3/t21-/m0/s1. The molecule has 0 N–H and O–H groups in total. The Kier molecular flexibility index (Phi) is 6.62. The maximum atomic E-state index is 14.0. The van der Waals surface area contributed by atoms with Crippen LogP contribution in [0.4, 0.5) is 13.2 Å². The fourth-order valence-corrected chi connectivity index (χ4v) is 5.77. The zero-order valence-corrected chi connectivity index (χ0v) is 21.1. The first-order valence-corrected chi connectivity index (χ1v) is 12.6. The molecule has 1 atom stereocenters. The third-order valence-electron chi connectivity index (χ3n) is 6.45. The van der Waals surface area contributed by atoms with E-state index in [1.807, 2.05) is 0 Å². The zero-order valence-electron chi connectivity index (χ0n) is 20.3. The van der Waals surface area contributed by atoms with Crippen molar-refractivity contribution in [3.8, 4) is 17.2 Å². The molecule has 0 saturated heterocycles. The molecule has 1 aromatic carbocycles. The molecule has 0 fully saturated rings. The molecule has 4 heterocycles. The van der Waals surface area contributed by atoms with Crippen LogP contribution in [0.15, 0.2) is 61.3 Å². The van der Waals surface area contributed by atoms with E-state index in [-0.39, 0.29) is 37.6 Å². The summed E-state index contributed by atoms with van der Waals surface area (Å²) in [6.07, 6.45) is -0.386. The van der Waals surface area contributed by atoms with Gasteiger partial charge >= 0.3 is 6.18 Å². The molecule has 0 radical (unpaired) electrons. The average molecular weight is 538 g/mol. The van der Waals surface area contributed by atoms with Crippen LogP contribution in [0.3, 0.4) is 0 Å². The number of rotatable bonds is 6. The van der Waals surface area contributed by atoms with Gasteiger partial charge in [-0.1, -0.05) is 30.8 Å². The van der Waals surface area contributed by atoms with Crippen LogP contribution in [0, 0.1) is 11.3 Å². The molecule has 3 aromatic heterocycles. The van der Waals surface area contributed by atoms with E-state index in [0.717, 1.165) is 10.4 Å². The summed E-state index contributed by atoms with van der Waals surface area (Å²) in [5.41, 5.74) is 1.16. The van der Waals surface area contributed by atoms with Gasteiger partial charge in [0.2, 0.25) is 0 Å². The Morgan fingerprint density at radius 1 is 1.24 bits per heavy atom. The quantitative estimate of drug-likeness (QED) is 0.328. The largest absolute Gasteiger partial charge is 0.435 e. The van der Waals surface area contributed by atoms with Crippen molar-refractivity contribution in [3.05, 3.63) is 87.9 Å². The van der Waals surface area contributed by atoms with Crippen LogP contribution in [-0.2, 0) is 30.6 Å². The number of hydrogen-bond donors (Lipinski definition) is 0. The highest BCUT2D eigenvalue weighted by Gasteiger charge is 2.39. The summed E-state index contributed by atoms with van der Waals surface area (Å²) < 4.78 is 44.7. The molecule has 0 unspecified atom stereocenters. The number of carbonyl (C=O) groups excluding carboxylic acids is 1. The van der Waals surface area contributed by atoms with Crippen LogP contribution in [-0.4, -0.2) is 41.9 Å². The van der Waals surface area contributed by atoms with E-state index < -0.39 is 17.8 Å². The van der Waals surface area contributed by atoms with E-state index >= 15 is 0 Å². The minimum atomic E-state index is -4.64. The van der Waals surface area contributed by atoms with E-state index in [1.54, 1.807) is 42.2 Å². The molecule has 38 heavy (non-hydrogen) atoms. The van der Waals surface area contributed by atoms with E-state index in [1.165, 1.54) is 39.6 Å². The van der Waals surface area contributed by atoms with Crippen LogP contribution in [0.25, 0.3) is 11.1 Å². The van der Waals surface area contributed by atoms with Crippen molar-refractivity contribution < 1.29 is 18.0 Å². The fraction of sp³-hybridized carbons (Fsp3) is 0.269. The number of nitrogens with zero attached hydrogens (tertiary/aromatic N) is 7. The van der Waals surface area contributed by atoms with Crippen molar-refractivity contribution in [2.24, 2.45) is 0 Å². The molecule has 1 aliphatic heterocycles. The molecular weight excluding hydrogens is 515 g/mol. The van der Waals surface area contributed by atoms with Crippen molar-refractivity contribution in [1.29, 1.82) is 5.26 Å². The van der Waals surface area contributed by atoms with Gasteiger partial charge in [0.25, 0.3) is 5.91 Å². The fourth-order valence-electron chi connectivity index (χ4n) is 4.73. The van der Waals surface area contributed by atoms with Gasteiger partial charge in [-0.25, -0.2) is 9.67 Å². The van der Waals surface area contributed by atoms with Gasteiger partial charge in [0, 0.05) is 41.2 Å². The Bertz CT molecular complexity index is 1550. The van der Waals surface area contributed by atoms with E-state index in [2.05, 4.69) is 27.8 Å². The van der Waals surface area contributed by atoms with E-state index in [0.29, 0.717) is 21.6 Å². The van der Waals surface area contributed by atoms with E-state index in [4.69, 9.17) is 0 Å². The molecule has 1 amide bonds. The maximum Gasteiger partial charge on any atom is 0.435 e. The Hall–Kier alpha value is -4.24. The number of carbonyl (C=O) groups is 1. The van der Waals surface area contributed by atoms with Gasteiger partial charge in [0.15, 0.2) is 5.69 Å². The SMILES string of the molecule is C=C(Cn1cncn1)C(=O)N1Cc2sc(C#N)cc2[C@H](c2ccccc2-c2cn(CC)nc2C(F)(F)F)C1. The summed E-state index contributed by atoms with van der Waals surface area (Å²) in [6, 6.07) is 10.8.